The fraction of sp³-hybridized carbons (Fsp3) is 0.837. The lowest BCUT2D eigenvalue weighted by Crippen LogP contribution is -2.29. The predicted molar refractivity (Wildman–Crippen MR) is 201 cm³/mol. The van der Waals surface area contributed by atoms with Crippen LogP contribution in [0.15, 0.2) is 12.1 Å². The summed E-state index contributed by atoms with van der Waals surface area (Å²) >= 11 is 0. The van der Waals surface area contributed by atoms with Crippen molar-refractivity contribution in [3.63, 3.8) is 0 Å². The first-order valence-corrected chi connectivity index (χ1v) is 20.1. The first-order valence-electron chi connectivity index (χ1n) is 20.1. The molecule has 1 fully saturated rings. The molecule has 1 atom stereocenters. The van der Waals surface area contributed by atoms with Gasteiger partial charge in [-0.25, -0.2) is 0 Å². The third-order valence-electron chi connectivity index (χ3n) is 9.86. The first-order chi connectivity index (χ1) is 22.4. The SMILES string of the molecule is CCCCCCCCCCCCCCCCCCOC(=O)CCc1cc(C(C)(C)C)c(O[C@H](C)OC2CCCCC2)c(C(C)(C)C)c1. The highest BCUT2D eigenvalue weighted by atomic mass is 16.7. The molecule has 0 aromatic heterocycles. The Hall–Kier alpha value is -1.55. The van der Waals surface area contributed by atoms with E-state index in [1.807, 2.05) is 6.92 Å². The van der Waals surface area contributed by atoms with Gasteiger partial charge in [-0.3, -0.25) is 4.79 Å². The van der Waals surface area contributed by atoms with Crippen LogP contribution in [-0.2, 0) is 31.5 Å². The summed E-state index contributed by atoms with van der Waals surface area (Å²) in [6.45, 7) is 18.3. The molecule has 4 nitrogen and oxygen atoms in total. The quantitative estimate of drug-likeness (QED) is 0.0631. The minimum atomic E-state index is -0.300. The second kappa shape index (κ2) is 23.0. The van der Waals surface area contributed by atoms with Gasteiger partial charge < -0.3 is 14.2 Å². The van der Waals surface area contributed by atoms with E-state index in [1.165, 1.54) is 126 Å². The van der Waals surface area contributed by atoms with Gasteiger partial charge in [0.05, 0.1) is 12.7 Å². The molecule has 272 valence electrons. The molecule has 0 bridgehead atoms. The molecule has 0 saturated heterocycles. The number of hydrogen-bond acceptors (Lipinski definition) is 4. The Balaban J connectivity index is 1.71. The van der Waals surface area contributed by atoms with Crippen molar-refractivity contribution < 1.29 is 19.0 Å². The fourth-order valence-electron chi connectivity index (χ4n) is 6.89. The fourth-order valence-corrected chi connectivity index (χ4v) is 6.89. The molecule has 0 amide bonds. The molecule has 0 aliphatic heterocycles. The zero-order chi connectivity index (χ0) is 34.5. The molecule has 0 N–H and O–H groups in total. The van der Waals surface area contributed by atoms with Gasteiger partial charge in [-0.15, -0.1) is 0 Å². The number of benzene rings is 1. The summed E-state index contributed by atoms with van der Waals surface area (Å²) < 4.78 is 18.7. The Morgan fingerprint density at radius 3 is 1.60 bits per heavy atom. The normalized spacial score (nSPS) is 15.1. The number of hydrogen-bond donors (Lipinski definition) is 0. The Morgan fingerprint density at radius 1 is 0.702 bits per heavy atom. The van der Waals surface area contributed by atoms with E-state index in [2.05, 4.69) is 60.6 Å². The van der Waals surface area contributed by atoms with Crippen LogP contribution in [0.3, 0.4) is 0 Å². The molecule has 0 heterocycles. The Labute approximate surface area is 291 Å². The van der Waals surface area contributed by atoms with Crippen LogP contribution in [0.1, 0.15) is 213 Å². The number of aryl methyl sites for hydroxylation is 1. The van der Waals surface area contributed by atoms with Crippen LogP contribution >= 0.6 is 0 Å². The lowest BCUT2D eigenvalue weighted by molar-refractivity contribution is -0.143. The zero-order valence-electron chi connectivity index (χ0n) is 32.4. The van der Waals surface area contributed by atoms with E-state index in [9.17, 15) is 4.79 Å². The third-order valence-corrected chi connectivity index (χ3v) is 9.86. The van der Waals surface area contributed by atoms with Crippen molar-refractivity contribution >= 4 is 5.97 Å². The second-order valence-corrected chi connectivity index (χ2v) is 16.6. The van der Waals surface area contributed by atoms with Crippen molar-refractivity contribution in [1.82, 2.24) is 0 Å². The molecule has 1 aliphatic carbocycles. The van der Waals surface area contributed by atoms with Gasteiger partial charge in [-0.05, 0) is 49.0 Å². The molecule has 0 spiro atoms. The van der Waals surface area contributed by atoms with E-state index in [1.54, 1.807) is 0 Å². The third kappa shape index (κ3) is 18.1. The van der Waals surface area contributed by atoms with Gasteiger partial charge in [-0.2, -0.15) is 0 Å². The summed E-state index contributed by atoms with van der Waals surface area (Å²) in [4.78, 5) is 12.7. The Kier molecular flexibility index (Phi) is 20.3. The van der Waals surface area contributed by atoms with Crippen molar-refractivity contribution in [2.75, 3.05) is 6.61 Å². The average Bonchev–Trinajstić information content (AvgIpc) is 3.01. The van der Waals surface area contributed by atoms with Crippen molar-refractivity contribution in [3.05, 3.63) is 28.8 Å². The van der Waals surface area contributed by atoms with Crippen LogP contribution in [0.4, 0.5) is 0 Å². The molecule has 4 heteroatoms. The van der Waals surface area contributed by atoms with Gasteiger partial charge in [0.15, 0.2) is 6.29 Å². The molecular formula is C43H76O4. The van der Waals surface area contributed by atoms with E-state index < -0.39 is 0 Å². The minimum absolute atomic E-state index is 0.0876. The van der Waals surface area contributed by atoms with Crippen LogP contribution < -0.4 is 4.74 Å². The van der Waals surface area contributed by atoms with Crippen molar-refractivity contribution in [2.45, 2.75) is 226 Å². The summed E-state index contributed by atoms with van der Waals surface area (Å²) in [6, 6.07) is 4.50. The number of ether oxygens (including phenoxy) is 3. The van der Waals surface area contributed by atoms with Crippen molar-refractivity contribution in [3.8, 4) is 5.75 Å². The Morgan fingerprint density at radius 2 is 1.15 bits per heavy atom. The molecule has 1 aromatic carbocycles. The number of rotatable bonds is 24. The van der Waals surface area contributed by atoms with Crippen LogP contribution in [0.5, 0.6) is 5.75 Å². The molecule has 1 saturated carbocycles. The number of carbonyl (C=O) groups is 1. The number of esters is 1. The molecule has 0 unspecified atom stereocenters. The standard InChI is InChI=1S/C43H76O4/c1-9-10-11-12-13-14-15-16-17-18-19-20-21-22-23-27-32-45-40(44)31-30-36-33-38(42(3,4)5)41(39(34-36)43(6,7)8)47-35(2)46-37-28-25-24-26-29-37/h33-35,37H,9-32H2,1-8H3/t35-/m1/s1. The van der Waals surface area contributed by atoms with E-state index in [0.29, 0.717) is 25.6 Å². The molecule has 0 radical (unpaired) electrons. The zero-order valence-corrected chi connectivity index (χ0v) is 32.4. The van der Waals surface area contributed by atoms with Gasteiger partial charge in [0, 0.05) is 17.5 Å². The van der Waals surface area contributed by atoms with Gasteiger partial charge in [-0.1, -0.05) is 176 Å². The van der Waals surface area contributed by atoms with Crippen molar-refractivity contribution in [1.29, 1.82) is 0 Å². The average molecular weight is 657 g/mol. The predicted octanol–water partition coefficient (Wildman–Crippen LogP) is 13.1. The smallest absolute Gasteiger partial charge is 0.306 e. The van der Waals surface area contributed by atoms with Crippen LogP contribution in [0.2, 0.25) is 0 Å². The highest BCUT2D eigenvalue weighted by Crippen LogP contribution is 2.42. The highest BCUT2D eigenvalue weighted by Gasteiger charge is 2.30. The minimum Gasteiger partial charge on any atom is -0.466 e. The largest absolute Gasteiger partial charge is 0.466 e. The lowest BCUT2D eigenvalue weighted by atomic mass is 9.78. The first kappa shape index (κ1) is 41.6. The molecule has 1 aromatic rings. The lowest BCUT2D eigenvalue weighted by Gasteiger charge is -2.33. The summed E-state index contributed by atoms with van der Waals surface area (Å²) in [5.74, 6) is 0.860. The van der Waals surface area contributed by atoms with E-state index in [-0.39, 0.29) is 23.1 Å². The summed E-state index contributed by atoms with van der Waals surface area (Å²) in [5, 5.41) is 0. The van der Waals surface area contributed by atoms with Gasteiger partial charge >= 0.3 is 5.97 Å². The summed E-state index contributed by atoms with van der Waals surface area (Å²) in [7, 11) is 0. The monoisotopic (exact) mass is 657 g/mol. The molecule has 47 heavy (non-hydrogen) atoms. The number of unbranched alkanes of at least 4 members (excludes halogenated alkanes) is 15. The van der Waals surface area contributed by atoms with Gasteiger partial charge in [0.1, 0.15) is 5.75 Å². The van der Waals surface area contributed by atoms with E-state index in [0.717, 1.165) is 31.4 Å². The van der Waals surface area contributed by atoms with Crippen LogP contribution in [0.25, 0.3) is 0 Å². The van der Waals surface area contributed by atoms with Gasteiger partial charge in [0.25, 0.3) is 0 Å². The maximum atomic E-state index is 12.7. The number of carbonyl (C=O) groups excluding carboxylic acids is 1. The molecule has 1 aliphatic rings. The maximum Gasteiger partial charge on any atom is 0.306 e. The van der Waals surface area contributed by atoms with E-state index in [4.69, 9.17) is 14.2 Å². The van der Waals surface area contributed by atoms with Gasteiger partial charge in [0.2, 0.25) is 0 Å². The molecular weight excluding hydrogens is 580 g/mol. The second-order valence-electron chi connectivity index (χ2n) is 16.6. The Bertz CT molecular complexity index is 928. The van der Waals surface area contributed by atoms with Crippen LogP contribution in [0, 0.1) is 0 Å². The summed E-state index contributed by atoms with van der Waals surface area (Å²) in [6.07, 6.45) is 28.7. The van der Waals surface area contributed by atoms with Crippen molar-refractivity contribution in [2.24, 2.45) is 0 Å². The molecule has 2 rings (SSSR count). The highest BCUT2D eigenvalue weighted by molar-refractivity contribution is 5.69. The van der Waals surface area contributed by atoms with Crippen LogP contribution in [-0.4, -0.2) is 25.0 Å². The summed E-state index contributed by atoms with van der Waals surface area (Å²) in [5.41, 5.74) is 3.32. The van der Waals surface area contributed by atoms with E-state index >= 15 is 0 Å². The maximum absolute atomic E-state index is 12.7. The topological polar surface area (TPSA) is 44.8 Å².